The first-order chi connectivity index (χ1) is 12.9. The average molecular weight is 397 g/mol. The van der Waals surface area contributed by atoms with Crippen molar-refractivity contribution in [3.8, 4) is 0 Å². The van der Waals surface area contributed by atoms with Crippen molar-refractivity contribution in [3.63, 3.8) is 0 Å². The third-order valence-electron chi connectivity index (χ3n) is 4.69. The molecule has 8 heteroatoms. The van der Waals surface area contributed by atoms with Crippen LogP contribution in [0.1, 0.15) is 44.1 Å². The highest BCUT2D eigenvalue weighted by atomic mass is 32.2. The second-order valence-corrected chi connectivity index (χ2v) is 8.55. The van der Waals surface area contributed by atoms with Gasteiger partial charge in [-0.1, -0.05) is 31.4 Å². The summed E-state index contributed by atoms with van der Waals surface area (Å²) >= 11 is 0. The molecule has 0 bridgehead atoms. The van der Waals surface area contributed by atoms with Crippen molar-refractivity contribution in [2.75, 3.05) is 26.7 Å². The SMILES string of the molecule is CNS(=O)(=O)c1ccc(CCC(=O)OCC(=O)N2CCCCCCC2)cc1. The van der Waals surface area contributed by atoms with Crippen LogP contribution in [-0.2, 0) is 30.8 Å². The van der Waals surface area contributed by atoms with Crippen LogP contribution in [0, 0.1) is 0 Å². The molecule has 7 nitrogen and oxygen atoms in total. The molecular weight excluding hydrogens is 368 g/mol. The van der Waals surface area contributed by atoms with Gasteiger partial charge in [0.25, 0.3) is 5.91 Å². The summed E-state index contributed by atoms with van der Waals surface area (Å²) < 4.78 is 30.7. The summed E-state index contributed by atoms with van der Waals surface area (Å²) in [6.07, 6.45) is 6.06. The first kappa shape index (κ1) is 21.4. The molecule has 1 aliphatic heterocycles. The Morgan fingerprint density at radius 1 is 1.04 bits per heavy atom. The van der Waals surface area contributed by atoms with Crippen LogP contribution in [0.5, 0.6) is 0 Å². The standard InChI is InChI=1S/C19H28N2O5S/c1-20-27(24,25)17-10-7-16(8-11-17)9-12-19(23)26-15-18(22)21-13-5-3-2-4-6-14-21/h7-8,10-11,20H,2-6,9,12-15H2,1H3. The van der Waals surface area contributed by atoms with Crippen LogP contribution in [-0.4, -0.2) is 51.9 Å². The fraction of sp³-hybridized carbons (Fsp3) is 0.579. The Labute approximate surface area is 161 Å². The first-order valence-electron chi connectivity index (χ1n) is 9.38. The molecule has 1 saturated heterocycles. The van der Waals surface area contributed by atoms with E-state index in [0.717, 1.165) is 44.3 Å². The van der Waals surface area contributed by atoms with E-state index < -0.39 is 16.0 Å². The summed E-state index contributed by atoms with van der Waals surface area (Å²) in [6, 6.07) is 6.33. The number of carbonyl (C=O) groups excluding carboxylic acids is 2. The number of benzene rings is 1. The Morgan fingerprint density at radius 2 is 1.63 bits per heavy atom. The number of carbonyl (C=O) groups is 2. The molecule has 0 spiro atoms. The molecule has 0 radical (unpaired) electrons. The van der Waals surface area contributed by atoms with Crippen molar-refractivity contribution in [2.24, 2.45) is 0 Å². The van der Waals surface area contributed by atoms with Crippen LogP contribution in [0.4, 0.5) is 0 Å². The number of aryl methyl sites for hydroxylation is 1. The van der Waals surface area contributed by atoms with E-state index >= 15 is 0 Å². The van der Waals surface area contributed by atoms with Crippen LogP contribution in [0.3, 0.4) is 0 Å². The molecule has 1 fully saturated rings. The molecule has 27 heavy (non-hydrogen) atoms. The lowest BCUT2D eigenvalue weighted by molar-refractivity contribution is -0.152. The number of amides is 1. The van der Waals surface area contributed by atoms with E-state index in [1.165, 1.54) is 25.6 Å². The highest BCUT2D eigenvalue weighted by Gasteiger charge is 2.17. The molecule has 1 aliphatic rings. The van der Waals surface area contributed by atoms with Crippen LogP contribution in [0.15, 0.2) is 29.2 Å². The molecular formula is C19H28N2O5S. The lowest BCUT2D eigenvalue weighted by Crippen LogP contribution is -2.36. The predicted molar refractivity (Wildman–Crippen MR) is 102 cm³/mol. The van der Waals surface area contributed by atoms with Gasteiger partial charge in [0.05, 0.1) is 4.90 Å². The maximum absolute atomic E-state index is 12.2. The van der Waals surface area contributed by atoms with E-state index in [1.54, 1.807) is 17.0 Å². The summed E-state index contributed by atoms with van der Waals surface area (Å²) in [5.41, 5.74) is 0.831. The zero-order valence-electron chi connectivity index (χ0n) is 15.8. The van der Waals surface area contributed by atoms with Gasteiger partial charge in [0.15, 0.2) is 6.61 Å². The Bertz CT molecular complexity index is 723. The highest BCUT2D eigenvalue weighted by Crippen LogP contribution is 2.13. The van der Waals surface area contributed by atoms with Gasteiger partial charge in [0.1, 0.15) is 0 Å². The third kappa shape index (κ3) is 6.95. The van der Waals surface area contributed by atoms with Gasteiger partial charge < -0.3 is 9.64 Å². The van der Waals surface area contributed by atoms with Crippen molar-refractivity contribution >= 4 is 21.9 Å². The van der Waals surface area contributed by atoms with E-state index in [9.17, 15) is 18.0 Å². The summed E-state index contributed by atoms with van der Waals surface area (Å²) in [7, 11) is -2.11. The van der Waals surface area contributed by atoms with Crippen molar-refractivity contribution in [1.82, 2.24) is 9.62 Å². The molecule has 0 atom stereocenters. The summed E-state index contributed by atoms with van der Waals surface area (Å²) in [5.74, 6) is -0.561. The highest BCUT2D eigenvalue weighted by molar-refractivity contribution is 7.89. The summed E-state index contributed by atoms with van der Waals surface area (Å²) in [5, 5.41) is 0. The maximum Gasteiger partial charge on any atom is 0.306 e. The van der Waals surface area contributed by atoms with Gasteiger partial charge in [-0.15, -0.1) is 0 Å². The molecule has 1 aromatic rings. The minimum Gasteiger partial charge on any atom is -0.456 e. The third-order valence-corrected chi connectivity index (χ3v) is 6.12. The van der Waals surface area contributed by atoms with Crippen molar-refractivity contribution < 1.29 is 22.7 Å². The van der Waals surface area contributed by atoms with Gasteiger partial charge in [-0.2, -0.15) is 0 Å². The second kappa shape index (κ2) is 10.4. The largest absolute Gasteiger partial charge is 0.456 e. The van der Waals surface area contributed by atoms with Crippen molar-refractivity contribution in [2.45, 2.75) is 49.8 Å². The lowest BCUT2D eigenvalue weighted by Gasteiger charge is -2.24. The second-order valence-electron chi connectivity index (χ2n) is 6.66. The Hall–Kier alpha value is -1.93. The molecule has 2 rings (SSSR count). The van der Waals surface area contributed by atoms with Crippen molar-refractivity contribution in [1.29, 1.82) is 0 Å². The number of hydrogen-bond acceptors (Lipinski definition) is 5. The number of nitrogens with one attached hydrogen (secondary N) is 1. The summed E-state index contributed by atoms with van der Waals surface area (Å²) in [6.45, 7) is 1.26. The Morgan fingerprint density at radius 3 is 2.22 bits per heavy atom. The van der Waals surface area contributed by atoms with Gasteiger partial charge in [-0.3, -0.25) is 9.59 Å². The Balaban J connectivity index is 1.74. The quantitative estimate of drug-likeness (QED) is 0.710. The van der Waals surface area contributed by atoms with Crippen LogP contribution >= 0.6 is 0 Å². The molecule has 1 heterocycles. The smallest absolute Gasteiger partial charge is 0.306 e. The van der Waals surface area contributed by atoms with E-state index in [4.69, 9.17) is 4.74 Å². The van der Waals surface area contributed by atoms with Crippen LogP contribution in [0.2, 0.25) is 0 Å². The zero-order chi connectivity index (χ0) is 19.7. The minimum absolute atomic E-state index is 0.133. The summed E-state index contributed by atoms with van der Waals surface area (Å²) in [4.78, 5) is 26.0. The van der Waals surface area contributed by atoms with Crippen LogP contribution in [0.25, 0.3) is 0 Å². The van der Waals surface area contributed by atoms with Gasteiger partial charge in [0, 0.05) is 19.5 Å². The predicted octanol–water partition coefficient (Wildman–Crippen LogP) is 1.86. The maximum atomic E-state index is 12.2. The topological polar surface area (TPSA) is 92.8 Å². The normalized spacial score (nSPS) is 15.7. The minimum atomic E-state index is -3.46. The van der Waals surface area contributed by atoms with E-state index in [2.05, 4.69) is 4.72 Å². The number of hydrogen-bond donors (Lipinski definition) is 1. The average Bonchev–Trinajstić information content (AvgIpc) is 2.64. The number of rotatable bonds is 7. The number of ether oxygens (including phenoxy) is 1. The fourth-order valence-electron chi connectivity index (χ4n) is 3.00. The number of likely N-dealkylation sites (tertiary alicyclic amines) is 1. The van der Waals surface area contributed by atoms with E-state index in [-0.39, 0.29) is 23.8 Å². The molecule has 1 N–H and O–H groups in total. The van der Waals surface area contributed by atoms with Gasteiger partial charge >= 0.3 is 5.97 Å². The number of esters is 1. The van der Waals surface area contributed by atoms with Crippen molar-refractivity contribution in [3.05, 3.63) is 29.8 Å². The monoisotopic (exact) mass is 396 g/mol. The first-order valence-corrected chi connectivity index (χ1v) is 10.9. The Kier molecular flexibility index (Phi) is 8.24. The molecule has 150 valence electrons. The molecule has 0 unspecified atom stereocenters. The van der Waals surface area contributed by atoms with Crippen LogP contribution < -0.4 is 4.72 Å². The fourth-order valence-corrected chi connectivity index (χ4v) is 3.73. The van der Waals surface area contributed by atoms with E-state index in [0.29, 0.717) is 6.42 Å². The molecule has 0 aromatic heterocycles. The number of nitrogens with zero attached hydrogens (tertiary/aromatic N) is 1. The number of sulfonamides is 1. The van der Waals surface area contributed by atoms with Gasteiger partial charge in [-0.25, -0.2) is 13.1 Å². The molecule has 0 saturated carbocycles. The lowest BCUT2D eigenvalue weighted by atomic mass is 10.1. The van der Waals surface area contributed by atoms with Gasteiger partial charge in [-0.05, 0) is 44.0 Å². The molecule has 0 aliphatic carbocycles. The van der Waals surface area contributed by atoms with Gasteiger partial charge in [0.2, 0.25) is 10.0 Å². The van der Waals surface area contributed by atoms with E-state index in [1.807, 2.05) is 0 Å². The molecule has 1 amide bonds. The molecule has 1 aromatic carbocycles. The zero-order valence-corrected chi connectivity index (χ0v) is 16.6.